The van der Waals surface area contributed by atoms with Crippen LogP contribution in [0.5, 0.6) is 5.75 Å². The monoisotopic (exact) mass is 423 g/mol. The van der Waals surface area contributed by atoms with Crippen molar-refractivity contribution in [1.29, 1.82) is 5.26 Å². The van der Waals surface area contributed by atoms with Crippen LogP contribution in [0.2, 0.25) is 0 Å². The summed E-state index contributed by atoms with van der Waals surface area (Å²) in [5.74, 6) is -0.764. The fourth-order valence-electron chi connectivity index (χ4n) is 2.99. The van der Waals surface area contributed by atoms with E-state index in [1.54, 1.807) is 45.0 Å². The van der Waals surface area contributed by atoms with Gasteiger partial charge in [-0.3, -0.25) is 9.59 Å². The molecule has 1 aromatic heterocycles. The Morgan fingerprint density at radius 3 is 2.42 bits per heavy atom. The first-order chi connectivity index (χ1) is 14.8. The molecule has 0 aliphatic heterocycles. The molecule has 8 heteroatoms. The maximum atomic E-state index is 12.9. The van der Waals surface area contributed by atoms with Crippen LogP contribution in [-0.2, 0) is 9.53 Å². The first kappa shape index (κ1) is 23.4. The van der Waals surface area contributed by atoms with Gasteiger partial charge in [0.25, 0.3) is 5.91 Å². The van der Waals surface area contributed by atoms with Crippen LogP contribution < -0.4 is 10.1 Å². The van der Waals surface area contributed by atoms with Gasteiger partial charge in [0.15, 0.2) is 6.61 Å². The van der Waals surface area contributed by atoms with Crippen LogP contribution in [0.4, 0.5) is 0 Å². The zero-order valence-electron chi connectivity index (χ0n) is 18.0. The number of H-pyrrole nitrogens is 1. The highest BCUT2D eigenvalue weighted by atomic mass is 16.5. The maximum Gasteiger partial charge on any atom is 0.340 e. The third kappa shape index (κ3) is 5.82. The minimum atomic E-state index is -0.518. The number of carbonyl (C=O) groups is 3. The molecule has 0 aliphatic carbocycles. The number of ether oxygens (including phenoxy) is 2. The largest absolute Gasteiger partial charge is 0.484 e. The van der Waals surface area contributed by atoms with Gasteiger partial charge in [-0.1, -0.05) is 12.1 Å². The lowest BCUT2D eigenvalue weighted by Crippen LogP contribution is -2.28. The molecule has 0 saturated carbocycles. The third-order valence-corrected chi connectivity index (χ3v) is 4.44. The van der Waals surface area contributed by atoms with E-state index in [0.29, 0.717) is 34.7 Å². The van der Waals surface area contributed by atoms with Crippen molar-refractivity contribution in [1.82, 2.24) is 10.3 Å². The molecule has 0 aliphatic rings. The molecule has 0 spiro atoms. The summed E-state index contributed by atoms with van der Waals surface area (Å²) in [4.78, 5) is 39.4. The van der Waals surface area contributed by atoms with E-state index in [-0.39, 0.29) is 30.4 Å². The van der Waals surface area contributed by atoms with Crippen LogP contribution in [0, 0.1) is 25.2 Å². The second kappa shape index (κ2) is 10.8. The lowest BCUT2D eigenvalue weighted by atomic mass is 10.0. The number of amides is 1. The van der Waals surface area contributed by atoms with Gasteiger partial charge < -0.3 is 19.8 Å². The summed E-state index contributed by atoms with van der Waals surface area (Å²) in [6, 6.07) is 8.56. The van der Waals surface area contributed by atoms with Gasteiger partial charge >= 0.3 is 5.97 Å². The number of hydrogen-bond acceptors (Lipinski definition) is 6. The van der Waals surface area contributed by atoms with E-state index in [2.05, 4.69) is 10.3 Å². The molecular formula is C23H25N3O5. The molecule has 2 N–H and O–H groups in total. The third-order valence-electron chi connectivity index (χ3n) is 4.44. The van der Waals surface area contributed by atoms with Crippen LogP contribution in [0.1, 0.15) is 51.5 Å². The van der Waals surface area contributed by atoms with E-state index in [1.165, 1.54) is 6.08 Å². The summed E-state index contributed by atoms with van der Waals surface area (Å²) in [6.07, 6.45) is 1.45. The molecule has 0 saturated heterocycles. The standard InChI is InChI=1S/C23H25N3O5/c1-5-25-19(27)13-31-18-9-7-16(8-10-18)11-17(12-24)22(28)21-14(3)20(15(4)26-21)23(29)30-6-2/h7-11,26H,5-6,13H2,1-4H3,(H,25,27)/b17-11-. The summed E-state index contributed by atoms with van der Waals surface area (Å²) in [5, 5.41) is 12.2. The summed E-state index contributed by atoms with van der Waals surface area (Å²) >= 11 is 0. The van der Waals surface area contributed by atoms with Gasteiger partial charge in [-0.05, 0) is 57.0 Å². The molecular weight excluding hydrogens is 398 g/mol. The number of aromatic amines is 1. The number of aromatic nitrogens is 1. The minimum Gasteiger partial charge on any atom is -0.484 e. The van der Waals surface area contributed by atoms with E-state index < -0.39 is 11.8 Å². The Bertz CT molecular complexity index is 1040. The summed E-state index contributed by atoms with van der Waals surface area (Å²) in [5.41, 5.74) is 1.95. The van der Waals surface area contributed by atoms with Crippen molar-refractivity contribution in [3.8, 4) is 11.8 Å². The van der Waals surface area contributed by atoms with Gasteiger partial charge in [-0.25, -0.2) is 4.79 Å². The van der Waals surface area contributed by atoms with Gasteiger partial charge in [-0.2, -0.15) is 5.26 Å². The van der Waals surface area contributed by atoms with Gasteiger partial charge in [0, 0.05) is 12.2 Å². The SMILES string of the molecule is CCNC(=O)COc1ccc(/C=C(/C#N)C(=O)c2[nH]c(C)c(C(=O)OCC)c2C)cc1. The van der Waals surface area contributed by atoms with Crippen molar-refractivity contribution >= 4 is 23.7 Å². The highest BCUT2D eigenvalue weighted by Crippen LogP contribution is 2.23. The Labute approximate surface area is 180 Å². The predicted octanol–water partition coefficient (Wildman–Crippen LogP) is 3.11. The van der Waals surface area contributed by atoms with Gasteiger partial charge in [0.2, 0.25) is 5.78 Å². The molecule has 0 fully saturated rings. The van der Waals surface area contributed by atoms with Crippen LogP contribution in [0.15, 0.2) is 29.8 Å². The van der Waals surface area contributed by atoms with Gasteiger partial charge in [-0.15, -0.1) is 0 Å². The average Bonchev–Trinajstić information content (AvgIpc) is 3.05. The lowest BCUT2D eigenvalue weighted by molar-refractivity contribution is -0.122. The first-order valence-corrected chi connectivity index (χ1v) is 9.84. The molecule has 2 rings (SSSR count). The first-order valence-electron chi connectivity index (χ1n) is 9.84. The van der Waals surface area contributed by atoms with Crippen LogP contribution >= 0.6 is 0 Å². The molecule has 1 aromatic carbocycles. The number of carbonyl (C=O) groups excluding carboxylic acids is 3. The number of Topliss-reactive ketones (excluding diaryl/α,β-unsaturated/α-hetero) is 1. The molecule has 0 atom stereocenters. The van der Waals surface area contributed by atoms with E-state index in [0.717, 1.165) is 0 Å². The number of likely N-dealkylation sites (N-methyl/N-ethyl adjacent to an activating group) is 1. The quantitative estimate of drug-likeness (QED) is 0.277. The number of rotatable bonds is 9. The van der Waals surface area contributed by atoms with Crippen molar-refractivity contribution in [3.05, 3.63) is 57.9 Å². The molecule has 31 heavy (non-hydrogen) atoms. The summed E-state index contributed by atoms with van der Waals surface area (Å²) in [6.45, 7) is 7.48. The number of aryl methyl sites for hydroxylation is 1. The van der Waals surface area contributed by atoms with Crippen molar-refractivity contribution in [3.63, 3.8) is 0 Å². The second-order valence-corrected chi connectivity index (χ2v) is 6.66. The Morgan fingerprint density at radius 2 is 1.84 bits per heavy atom. The van der Waals surface area contributed by atoms with Gasteiger partial charge in [0.1, 0.15) is 17.4 Å². The topological polar surface area (TPSA) is 121 Å². The summed E-state index contributed by atoms with van der Waals surface area (Å²) < 4.78 is 10.4. The highest BCUT2D eigenvalue weighted by Gasteiger charge is 2.24. The van der Waals surface area contributed by atoms with Crippen LogP contribution in [-0.4, -0.2) is 42.4 Å². The van der Waals surface area contributed by atoms with Crippen molar-refractivity contribution in [2.24, 2.45) is 0 Å². The Kier molecular flexibility index (Phi) is 8.15. The van der Waals surface area contributed by atoms with E-state index >= 15 is 0 Å². The number of nitrogens with zero attached hydrogens (tertiary/aromatic N) is 1. The smallest absolute Gasteiger partial charge is 0.340 e. The van der Waals surface area contributed by atoms with Crippen molar-refractivity contribution in [2.45, 2.75) is 27.7 Å². The normalized spacial score (nSPS) is 10.9. The highest BCUT2D eigenvalue weighted by molar-refractivity contribution is 6.15. The Balaban J connectivity index is 2.21. The van der Waals surface area contributed by atoms with E-state index in [4.69, 9.17) is 9.47 Å². The molecule has 0 unspecified atom stereocenters. The fourth-order valence-corrected chi connectivity index (χ4v) is 2.99. The molecule has 8 nitrogen and oxygen atoms in total. The molecule has 2 aromatic rings. The second-order valence-electron chi connectivity index (χ2n) is 6.66. The van der Waals surface area contributed by atoms with Gasteiger partial charge in [0.05, 0.1) is 17.9 Å². The van der Waals surface area contributed by atoms with E-state index in [1.807, 2.05) is 13.0 Å². The number of allylic oxidation sites excluding steroid dienone is 1. The molecule has 0 bridgehead atoms. The van der Waals surface area contributed by atoms with Crippen LogP contribution in [0.3, 0.4) is 0 Å². The Hall–Kier alpha value is -3.86. The zero-order chi connectivity index (χ0) is 23.0. The fraction of sp³-hybridized carbons (Fsp3) is 0.304. The van der Waals surface area contributed by atoms with E-state index in [9.17, 15) is 19.6 Å². The number of nitrogens with one attached hydrogen (secondary N) is 2. The average molecular weight is 423 g/mol. The number of esters is 1. The molecule has 0 radical (unpaired) electrons. The summed E-state index contributed by atoms with van der Waals surface area (Å²) in [7, 11) is 0. The zero-order valence-corrected chi connectivity index (χ0v) is 18.0. The number of hydrogen-bond donors (Lipinski definition) is 2. The lowest BCUT2D eigenvalue weighted by Gasteiger charge is -2.06. The van der Waals surface area contributed by atoms with Crippen LogP contribution in [0.25, 0.3) is 6.08 Å². The maximum absolute atomic E-state index is 12.9. The van der Waals surface area contributed by atoms with Crippen molar-refractivity contribution in [2.75, 3.05) is 19.8 Å². The van der Waals surface area contributed by atoms with Crippen molar-refractivity contribution < 1.29 is 23.9 Å². The number of benzene rings is 1. The Morgan fingerprint density at radius 1 is 1.16 bits per heavy atom. The molecule has 1 heterocycles. The predicted molar refractivity (Wildman–Crippen MR) is 115 cm³/mol. The molecule has 1 amide bonds. The number of nitriles is 1. The number of ketones is 1. The minimum absolute atomic E-state index is 0.0873. The molecule has 162 valence electrons.